The fraction of sp³-hybridized carbons (Fsp3) is 0.600. The van der Waals surface area contributed by atoms with Gasteiger partial charge < -0.3 is 15.2 Å². The van der Waals surface area contributed by atoms with E-state index in [4.69, 9.17) is 4.74 Å². The predicted octanol–water partition coefficient (Wildman–Crippen LogP) is 2.64. The first kappa shape index (κ1) is 15.0. The first-order valence-corrected chi connectivity index (χ1v) is 6.64. The minimum absolute atomic E-state index is 0.347. The van der Waals surface area contributed by atoms with E-state index in [0.29, 0.717) is 19.4 Å². The molecule has 3 heteroatoms. The molecule has 0 bridgehead atoms. The van der Waals surface area contributed by atoms with Crippen molar-refractivity contribution in [2.75, 3.05) is 13.7 Å². The van der Waals surface area contributed by atoms with Gasteiger partial charge in [-0.3, -0.25) is 0 Å². The van der Waals surface area contributed by atoms with Crippen LogP contribution in [0.25, 0.3) is 0 Å². The van der Waals surface area contributed by atoms with Crippen LogP contribution >= 0.6 is 0 Å². The number of rotatable bonds is 7. The van der Waals surface area contributed by atoms with Crippen molar-refractivity contribution in [1.29, 1.82) is 0 Å². The maximum Gasteiger partial charge on any atom is 0.123 e. The summed E-state index contributed by atoms with van der Waals surface area (Å²) < 4.78 is 5.80. The van der Waals surface area contributed by atoms with Gasteiger partial charge in [-0.2, -0.15) is 0 Å². The highest BCUT2D eigenvalue weighted by molar-refractivity contribution is 5.36. The number of hydrogen-bond acceptors (Lipinski definition) is 3. The molecular formula is C15H25NO2. The summed E-state index contributed by atoms with van der Waals surface area (Å²) in [5.41, 5.74) is 1.63. The molecule has 0 aliphatic carbocycles. The Kier molecular flexibility index (Phi) is 5.63. The van der Waals surface area contributed by atoms with Gasteiger partial charge in [0.15, 0.2) is 0 Å². The molecule has 18 heavy (non-hydrogen) atoms. The van der Waals surface area contributed by atoms with Gasteiger partial charge in [0, 0.05) is 12.1 Å². The minimum atomic E-state index is -0.720. The van der Waals surface area contributed by atoms with Crippen molar-refractivity contribution >= 4 is 0 Å². The molecule has 1 rings (SSSR count). The van der Waals surface area contributed by atoms with Crippen molar-refractivity contribution in [3.63, 3.8) is 0 Å². The van der Waals surface area contributed by atoms with Gasteiger partial charge in [0.25, 0.3) is 0 Å². The van der Waals surface area contributed by atoms with Gasteiger partial charge in [-0.25, -0.2) is 0 Å². The lowest BCUT2D eigenvalue weighted by Crippen LogP contribution is -2.34. The van der Waals surface area contributed by atoms with Crippen LogP contribution in [0.15, 0.2) is 18.2 Å². The van der Waals surface area contributed by atoms with Crippen molar-refractivity contribution in [2.45, 2.75) is 45.8 Å². The highest BCUT2D eigenvalue weighted by Gasteiger charge is 2.23. The Morgan fingerprint density at radius 1 is 1.28 bits per heavy atom. The Morgan fingerprint density at radius 3 is 2.50 bits per heavy atom. The third-order valence-corrected chi connectivity index (χ3v) is 3.40. The van der Waals surface area contributed by atoms with Crippen LogP contribution in [0, 0.1) is 6.92 Å². The molecule has 0 aromatic heterocycles. The van der Waals surface area contributed by atoms with E-state index in [2.05, 4.69) is 18.3 Å². The Labute approximate surface area is 110 Å². The molecule has 0 saturated heterocycles. The molecule has 0 saturated carbocycles. The number of benzene rings is 1. The third-order valence-electron chi connectivity index (χ3n) is 3.40. The number of aryl methyl sites for hydroxylation is 1. The Morgan fingerprint density at radius 2 is 1.94 bits per heavy atom. The summed E-state index contributed by atoms with van der Waals surface area (Å²) in [6, 6.07) is 6.13. The van der Waals surface area contributed by atoms with E-state index in [-0.39, 0.29) is 0 Å². The van der Waals surface area contributed by atoms with Gasteiger partial charge in [0.1, 0.15) is 12.4 Å². The van der Waals surface area contributed by atoms with Crippen LogP contribution in [0.2, 0.25) is 0 Å². The fourth-order valence-corrected chi connectivity index (χ4v) is 1.84. The smallest absolute Gasteiger partial charge is 0.123 e. The van der Waals surface area contributed by atoms with Crippen LogP contribution in [0.4, 0.5) is 0 Å². The van der Waals surface area contributed by atoms with Crippen molar-refractivity contribution in [3.8, 4) is 5.75 Å². The van der Waals surface area contributed by atoms with E-state index in [1.54, 1.807) is 0 Å². The molecule has 0 radical (unpaired) electrons. The first-order valence-electron chi connectivity index (χ1n) is 6.64. The van der Waals surface area contributed by atoms with Crippen molar-refractivity contribution in [3.05, 3.63) is 29.3 Å². The number of nitrogens with one attached hydrogen (secondary N) is 1. The summed E-state index contributed by atoms with van der Waals surface area (Å²) in [6.45, 7) is 7.15. The van der Waals surface area contributed by atoms with Crippen molar-refractivity contribution in [1.82, 2.24) is 5.32 Å². The second-order valence-corrected chi connectivity index (χ2v) is 4.86. The standard InChI is InChI=1S/C15H25NO2/c1-5-15(17,6-2)11-18-14-8-7-12(3)9-13(14)10-16-4/h7-9,16-17H,5-6,10-11H2,1-4H3. The van der Waals surface area contributed by atoms with Crippen LogP contribution in [0.5, 0.6) is 5.75 Å². The van der Waals surface area contributed by atoms with Gasteiger partial charge in [-0.05, 0) is 32.9 Å². The highest BCUT2D eigenvalue weighted by Crippen LogP contribution is 2.23. The quantitative estimate of drug-likeness (QED) is 0.783. The lowest BCUT2D eigenvalue weighted by Gasteiger charge is -2.25. The molecule has 1 aromatic rings. The number of aliphatic hydroxyl groups is 1. The lowest BCUT2D eigenvalue weighted by atomic mass is 9.99. The average molecular weight is 251 g/mol. The van der Waals surface area contributed by atoms with E-state index in [1.165, 1.54) is 5.56 Å². The van der Waals surface area contributed by atoms with E-state index in [9.17, 15) is 5.11 Å². The molecule has 102 valence electrons. The second-order valence-electron chi connectivity index (χ2n) is 4.86. The highest BCUT2D eigenvalue weighted by atomic mass is 16.5. The van der Waals surface area contributed by atoms with Crippen molar-refractivity contribution in [2.24, 2.45) is 0 Å². The average Bonchev–Trinajstić information content (AvgIpc) is 2.38. The summed E-state index contributed by atoms with van der Waals surface area (Å²) in [5, 5.41) is 13.4. The molecule has 0 aliphatic heterocycles. The second kappa shape index (κ2) is 6.76. The summed E-state index contributed by atoms with van der Waals surface area (Å²) >= 11 is 0. The normalized spacial score (nSPS) is 11.6. The van der Waals surface area contributed by atoms with E-state index in [0.717, 1.165) is 17.9 Å². The molecule has 0 spiro atoms. The maximum atomic E-state index is 10.2. The topological polar surface area (TPSA) is 41.5 Å². The molecular weight excluding hydrogens is 226 g/mol. The third kappa shape index (κ3) is 4.00. The summed E-state index contributed by atoms with van der Waals surface area (Å²) in [6.07, 6.45) is 1.41. The van der Waals surface area contributed by atoms with E-state index < -0.39 is 5.60 Å². The molecule has 0 unspecified atom stereocenters. The van der Waals surface area contributed by atoms with Gasteiger partial charge in [-0.1, -0.05) is 31.5 Å². The Hall–Kier alpha value is -1.06. The molecule has 1 aromatic carbocycles. The van der Waals surface area contributed by atoms with E-state index in [1.807, 2.05) is 33.0 Å². The maximum absolute atomic E-state index is 10.2. The van der Waals surface area contributed by atoms with Gasteiger partial charge in [0.2, 0.25) is 0 Å². The molecule has 0 amide bonds. The van der Waals surface area contributed by atoms with Gasteiger partial charge in [-0.15, -0.1) is 0 Å². The van der Waals surface area contributed by atoms with Gasteiger partial charge >= 0.3 is 0 Å². The largest absolute Gasteiger partial charge is 0.490 e. The zero-order valence-corrected chi connectivity index (χ0v) is 11.9. The van der Waals surface area contributed by atoms with Crippen LogP contribution in [-0.2, 0) is 6.54 Å². The van der Waals surface area contributed by atoms with Gasteiger partial charge in [0.05, 0.1) is 5.60 Å². The molecule has 0 aliphatic rings. The predicted molar refractivity (Wildman–Crippen MR) is 75.0 cm³/mol. The van der Waals surface area contributed by atoms with Crippen molar-refractivity contribution < 1.29 is 9.84 Å². The Balaban J connectivity index is 2.77. The number of ether oxygens (including phenoxy) is 1. The molecule has 0 atom stereocenters. The van der Waals surface area contributed by atoms with Crippen LogP contribution in [0.1, 0.15) is 37.8 Å². The zero-order valence-electron chi connectivity index (χ0n) is 11.9. The van der Waals surface area contributed by atoms with Crippen LogP contribution in [0.3, 0.4) is 0 Å². The molecule has 3 nitrogen and oxygen atoms in total. The SMILES string of the molecule is CCC(O)(CC)COc1ccc(C)cc1CNC. The van der Waals surface area contributed by atoms with Crippen LogP contribution < -0.4 is 10.1 Å². The fourth-order valence-electron chi connectivity index (χ4n) is 1.84. The molecule has 0 fully saturated rings. The monoisotopic (exact) mass is 251 g/mol. The summed E-state index contributed by atoms with van der Waals surface area (Å²) in [5.74, 6) is 0.857. The lowest BCUT2D eigenvalue weighted by molar-refractivity contribution is -0.0116. The first-order chi connectivity index (χ1) is 8.54. The Bertz CT molecular complexity index is 373. The number of hydrogen-bond donors (Lipinski definition) is 2. The summed E-state index contributed by atoms with van der Waals surface area (Å²) in [4.78, 5) is 0. The zero-order chi connectivity index (χ0) is 13.6. The molecule has 0 heterocycles. The van der Waals surface area contributed by atoms with E-state index >= 15 is 0 Å². The minimum Gasteiger partial charge on any atom is -0.490 e. The molecule has 2 N–H and O–H groups in total. The summed E-state index contributed by atoms with van der Waals surface area (Å²) in [7, 11) is 1.92. The van der Waals surface area contributed by atoms with Crippen LogP contribution in [-0.4, -0.2) is 24.4 Å².